The topological polar surface area (TPSA) is 60.2 Å². The highest BCUT2D eigenvalue weighted by Crippen LogP contribution is 2.31. The predicted molar refractivity (Wildman–Crippen MR) is 126 cm³/mol. The van der Waals surface area contributed by atoms with Crippen molar-refractivity contribution >= 4 is 22.9 Å². The number of aryl methyl sites for hydroxylation is 3. The van der Waals surface area contributed by atoms with E-state index in [2.05, 4.69) is 43.0 Å². The molecule has 1 aliphatic rings. The van der Waals surface area contributed by atoms with Crippen molar-refractivity contribution in [3.8, 4) is 16.6 Å². The number of rotatable bonds is 3. The van der Waals surface area contributed by atoms with Crippen LogP contribution >= 0.6 is 11.3 Å². The highest BCUT2D eigenvalue weighted by Gasteiger charge is 2.25. The van der Waals surface area contributed by atoms with Gasteiger partial charge in [0.1, 0.15) is 9.88 Å². The summed E-state index contributed by atoms with van der Waals surface area (Å²) in [5.74, 6) is 0.0766. The molecule has 1 fully saturated rings. The summed E-state index contributed by atoms with van der Waals surface area (Å²) < 4.78 is 0. The van der Waals surface area contributed by atoms with Crippen LogP contribution in [0.2, 0.25) is 0 Å². The molecule has 0 radical (unpaired) electrons. The van der Waals surface area contributed by atoms with Gasteiger partial charge in [0.05, 0.1) is 17.3 Å². The third kappa shape index (κ3) is 4.47. The van der Waals surface area contributed by atoms with Crippen molar-refractivity contribution in [3.63, 3.8) is 0 Å². The molecule has 2 aromatic carbocycles. The van der Waals surface area contributed by atoms with Crippen LogP contribution in [0.15, 0.2) is 42.5 Å². The summed E-state index contributed by atoms with van der Waals surface area (Å²) in [6.07, 6.45) is 0.910. The van der Waals surface area contributed by atoms with E-state index in [-0.39, 0.29) is 5.91 Å². The molecule has 4 rings (SSSR count). The van der Waals surface area contributed by atoms with Crippen LogP contribution in [-0.2, 0) is 0 Å². The number of nitriles is 1. The molecule has 6 heteroatoms. The second kappa shape index (κ2) is 8.91. The zero-order valence-electron chi connectivity index (χ0n) is 18.2. The van der Waals surface area contributed by atoms with Gasteiger partial charge in [-0.25, -0.2) is 4.98 Å². The average molecular weight is 431 g/mol. The maximum atomic E-state index is 13.3. The molecule has 158 valence electrons. The molecule has 5 nitrogen and oxygen atoms in total. The number of thiazole rings is 1. The Hall–Kier alpha value is -3.17. The van der Waals surface area contributed by atoms with E-state index in [4.69, 9.17) is 10.2 Å². The second-order valence-corrected chi connectivity index (χ2v) is 9.04. The van der Waals surface area contributed by atoms with Gasteiger partial charge < -0.3 is 9.80 Å². The number of anilines is 1. The number of benzene rings is 2. The molecule has 31 heavy (non-hydrogen) atoms. The Morgan fingerprint density at radius 2 is 1.81 bits per heavy atom. The molecule has 0 atom stereocenters. The fraction of sp³-hybridized carbons (Fsp3) is 0.320. The second-order valence-electron chi connectivity index (χ2n) is 8.04. The van der Waals surface area contributed by atoms with Crippen LogP contribution in [0.25, 0.3) is 10.6 Å². The zero-order valence-corrected chi connectivity index (χ0v) is 19.0. The van der Waals surface area contributed by atoms with Crippen LogP contribution in [0.3, 0.4) is 0 Å². The van der Waals surface area contributed by atoms with Gasteiger partial charge >= 0.3 is 0 Å². The van der Waals surface area contributed by atoms with Gasteiger partial charge in [0, 0.05) is 37.4 Å². The van der Waals surface area contributed by atoms with Gasteiger partial charge in [-0.1, -0.05) is 23.8 Å². The summed E-state index contributed by atoms with van der Waals surface area (Å²) in [7, 11) is 0. The maximum Gasteiger partial charge on any atom is 0.265 e. The van der Waals surface area contributed by atoms with Gasteiger partial charge in [-0.3, -0.25) is 4.79 Å². The number of amides is 1. The zero-order chi connectivity index (χ0) is 22.0. The van der Waals surface area contributed by atoms with E-state index in [1.807, 2.05) is 36.1 Å². The first kappa shape index (κ1) is 21.1. The Balaban J connectivity index is 1.49. The smallest absolute Gasteiger partial charge is 0.265 e. The average Bonchev–Trinajstić information content (AvgIpc) is 2.98. The Kier molecular flexibility index (Phi) is 6.06. The number of carbonyl (C=O) groups excluding carboxylic acids is 1. The summed E-state index contributed by atoms with van der Waals surface area (Å²) >= 11 is 1.50. The number of nitrogens with zero attached hydrogens (tertiary/aromatic N) is 4. The Morgan fingerprint density at radius 1 is 1.03 bits per heavy atom. The molecular weight excluding hydrogens is 404 g/mol. The molecule has 1 saturated heterocycles. The van der Waals surface area contributed by atoms with Crippen LogP contribution in [0.1, 0.15) is 38.5 Å². The fourth-order valence-electron chi connectivity index (χ4n) is 4.03. The van der Waals surface area contributed by atoms with Crippen molar-refractivity contribution in [1.82, 2.24) is 9.88 Å². The lowest BCUT2D eigenvalue weighted by atomic mass is 10.1. The van der Waals surface area contributed by atoms with Crippen LogP contribution < -0.4 is 4.90 Å². The minimum absolute atomic E-state index is 0.0766. The van der Waals surface area contributed by atoms with Gasteiger partial charge in [0.2, 0.25) is 0 Å². The van der Waals surface area contributed by atoms with Gasteiger partial charge in [0.25, 0.3) is 5.91 Å². The van der Waals surface area contributed by atoms with E-state index in [0.717, 1.165) is 52.9 Å². The van der Waals surface area contributed by atoms with Gasteiger partial charge in [0.15, 0.2) is 0 Å². The Labute approximate surface area is 187 Å². The van der Waals surface area contributed by atoms with Crippen LogP contribution in [0.4, 0.5) is 5.69 Å². The lowest BCUT2D eigenvalue weighted by Gasteiger charge is -2.23. The highest BCUT2D eigenvalue weighted by molar-refractivity contribution is 7.17. The lowest BCUT2D eigenvalue weighted by Crippen LogP contribution is -2.35. The molecule has 0 aliphatic carbocycles. The van der Waals surface area contributed by atoms with Crippen molar-refractivity contribution in [3.05, 3.63) is 69.7 Å². The quantitative estimate of drug-likeness (QED) is 0.589. The molecule has 1 aromatic heterocycles. The molecule has 1 aliphatic heterocycles. The highest BCUT2D eigenvalue weighted by atomic mass is 32.1. The van der Waals surface area contributed by atoms with E-state index in [9.17, 15) is 4.79 Å². The first-order valence-electron chi connectivity index (χ1n) is 10.6. The predicted octanol–water partition coefficient (Wildman–Crippen LogP) is 4.96. The van der Waals surface area contributed by atoms with Gasteiger partial charge in [-0.15, -0.1) is 11.3 Å². The van der Waals surface area contributed by atoms with E-state index in [0.29, 0.717) is 12.1 Å². The SMILES string of the molecule is Cc1ccc(-c2nc(C)c(C(=O)N3CCCN(c4ccc(C#N)cc4)CC3)s2)c(C)c1. The first-order valence-corrected chi connectivity index (χ1v) is 11.4. The van der Waals surface area contributed by atoms with Crippen molar-refractivity contribution in [2.24, 2.45) is 0 Å². The summed E-state index contributed by atoms with van der Waals surface area (Å²) in [5.41, 5.74) is 6.07. The third-order valence-corrected chi connectivity index (χ3v) is 6.93. The number of hydrogen-bond acceptors (Lipinski definition) is 5. The standard InChI is InChI=1S/C25H26N4OS/c1-17-5-10-22(18(2)15-17)24-27-19(3)23(31-24)25(30)29-12-4-11-28(13-14-29)21-8-6-20(16-26)7-9-21/h5-10,15H,4,11-14H2,1-3H3. The van der Waals surface area contributed by atoms with E-state index < -0.39 is 0 Å². The molecule has 0 N–H and O–H groups in total. The molecule has 2 heterocycles. The Bertz CT molecular complexity index is 1140. The molecule has 0 bridgehead atoms. The van der Waals surface area contributed by atoms with Crippen LogP contribution in [0.5, 0.6) is 0 Å². The van der Waals surface area contributed by atoms with Crippen LogP contribution in [-0.4, -0.2) is 42.0 Å². The minimum atomic E-state index is 0.0766. The summed E-state index contributed by atoms with van der Waals surface area (Å²) in [5, 5.41) is 9.91. The van der Waals surface area contributed by atoms with Crippen molar-refractivity contribution in [2.45, 2.75) is 27.2 Å². The third-order valence-electron chi connectivity index (χ3n) is 5.75. The number of hydrogen-bond donors (Lipinski definition) is 0. The Morgan fingerprint density at radius 3 is 2.52 bits per heavy atom. The molecule has 0 spiro atoms. The van der Waals surface area contributed by atoms with Crippen molar-refractivity contribution in [1.29, 1.82) is 5.26 Å². The molecule has 0 saturated carbocycles. The van der Waals surface area contributed by atoms with E-state index >= 15 is 0 Å². The monoisotopic (exact) mass is 430 g/mol. The van der Waals surface area contributed by atoms with Crippen LogP contribution in [0, 0.1) is 32.1 Å². The maximum absolute atomic E-state index is 13.3. The number of aromatic nitrogens is 1. The van der Waals surface area contributed by atoms with E-state index in [1.165, 1.54) is 22.5 Å². The largest absolute Gasteiger partial charge is 0.370 e. The van der Waals surface area contributed by atoms with E-state index in [1.54, 1.807) is 0 Å². The molecule has 0 unspecified atom stereocenters. The van der Waals surface area contributed by atoms with Crippen molar-refractivity contribution < 1.29 is 4.79 Å². The first-order chi connectivity index (χ1) is 15.0. The van der Waals surface area contributed by atoms with Crippen molar-refractivity contribution in [2.75, 3.05) is 31.1 Å². The summed E-state index contributed by atoms with van der Waals surface area (Å²) in [4.78, 5) is 23.0. The van der Waals surface area contributed by atoms with Gasteiger partial charge in [-0.05, 0) is 57.0 Å². The van der Waals surface area contributed by atoms with Gasteiger partial charge in [-0.2, -0.15) is 5.26 Å². The molecule has 1 amide bonds. The summed E-state index contributed by atoms with van der Waals surface area (Å²) in [6.45, 7) is 9.19. The summed E-state index contributed by atoms with van der Waals surface area (Å²) in [6, 6.07) is 16.2. The minimum Gasteiger partial charge on any atom is -0.370 e. The molecule has 3 aromatic rings. The lowest BCUT2D eigenvalue weighted by molar-refractivity contribution is 0.0771. The fourth-order valence-corrected chi connectivity index (χ4v) is 5.16. The molecular formula is C25H26N4OS. The normalized spacial score (nSPS) is 14.3. The number of carbonyl (C=O) groups is 1.